The Labute approximate surface area is 156 Å². The number of carbonyl (C=O) groups is 1. The molecule has 2 rings (SSSR count). The Kier molecular flexibility index (Phi) is 6.39. The van der Waals surface area contributed by atoms with E-state index < -0.39 is 0 Å². The van der Waals surface area contributed by atoms with Gasteiger partial charge < -0.3 is 11.1 Å². The van der Waals surface area contributed by atoms with Crippen molar-refractivity contribution in [3.8, 4) is 0 Å². The summed E-state index contributed by atoms with van der Waals surface area (Å²) in [4.78, 5) is 16.4. The maximum Gasteiger partial charge on any atom is 0.255 e. The molecular weight excluding hydrogens is 357 g/mol. The molecular formula is C19H17Cl2N3O. The highest BCUT2D eigenvalue weighted by molar-refractivity contribution is 6.42. The normalized spacial score (nSPS) is 11.6. The van der Waals surface area contributed by atoms with Crippen LogP contribution in [0.4, 0.5) is 0 Å². The van der Waals surface area contributed by atoms with E-state index in [-0.39, 0.29) is 5.91 Å². The number of nitrogens with zero attached hydrogens (tertiary/aromatic N) is 1. The SMILES string of the molecule is C=C(NC(=O)c1ccccc1C)/C(=C\N=C/N)c1ccc(Cl)c(Cl)c1. The largest absolute Gasteiger partial charge is 0.390 e. The number of allylic oxidation sites excluding steroid dienone is 1. The minimum Gasteiger partial charge on any atom is -0.390 e. The molecule has 0 atom stereocenters. The lowest BCUT2D eigenvalue weighted by Crippen LogP contribution is -2.23. The number of benzene rings is 2. The maximum atomic E-state index is 12.5. The number of nitrogens with two attached hydrogens (primary N) is 1. The third-order valence-corrected chi connectivity index (χ3v) is 4.24. The molecule has 0 spiro atoms. The zero-order valence-corrected chi connectivity index (χ0v) is 15.1. The number of aliphatic imine (C=N–C) groups is 1. The summed E-state index contributed by atoms with van der Waals surface area (Å²) in [5.41, 5.74) is 8.41. The zero-order chi connectivity index (χ0) is 18.4. The van der Waals surface area contributed by atoms with Crippen LogP contribution in [-0.2, 0) is 0 Å². The second kappa shape index (κ2) is 8.51. The molecule has 0 fully saturated rings. The van der Waals surface area contributed by atoms with E-state index in [4.69, 9.17) is 28.9 Å². The van der Waals surface area contributed by atoms with E-state index in [2.05, 4.69) is 16.9 Å². The summed E-state index contributed by atoms with van der Waals surface area (Å²) >= 11 is 12.0. The number of hydrogen-bond acceptors (Lipinski definition) is 2. The Morgan fingerprint density at radius 3 is 2.56 bits per heavy atom. The number of rotatable bonds is 5. The highest BCUT2D eigenvalue weighted by atomic mass is 35.5. The van der Waals surface area contributed by atoms with E-state index >= 15 is 0 Å². The molecule has 0 saturated carbocycles. The Bertz CT molecular complexity index is 873. The van der Waals surface area contributed by atoms with Gasteiger partial charge in [0.15, 0.2) is 0 Å². The molecule has 0 bridgehead atoms. The highest BCUT2D eigenvalue weighted by Gasteiger charge is 2.14. The van der Waals surface area contributed by atoms with E-state index in [9.17, 15) is 4.79 Å². The van der Waals surface area contributed by atoms with Crippen molar-refractivity contribution in [1.82, 2.24) is 5.32 Å². The predicted octanol–water partition coefficient (Wildman–Crippen LogP) is 4.57. The van der Waals surface area contributed by atoms with E-state index in [1.165, 1.54) is 6.20 Å². The van der Waals surface area contributed by atoms with Gasteiger partial charge in [-0.15, -0.1) is 0 Å². The third-order valence-electron chi connectivity index (χ3n) is 3.50. The Hall–Kier alpha value is -2.56. The number of aryl methyl sites for hydroxylation is 1. The van der Waals surface area contributed by atoms with Gasteiger partial charge in [-0.05, 0) is 36.2 Å². The Balaban J connectivity index is 2.32. The van der Waals surface area contributed by atoms with Crippen molar-refractivity contribution in [2.75, 3.05) is 0 Å². The molecule has 2 aromatic carbocycles. The van der Waals surface area contributed by atoms with Crippen LogP contribution in [0.15, 0.2) is 65.9 Å². The molecule has 128 valence electrons. The first-order chi connectivity index (χ1) is 11.9. The topological polar surface area (TPSA) is 67.5 Å². The average molecular weight is 374 g/mol. The fourth-order valence-electron chi connectivity index (χ4n) is 2.21. The maximum absolute atomic E-state index is 12.5. The van der Waals surface area contributed by atoms with Crippen molar-refractivity contribution in [1.29, 1.82) is 0 Å². The number of nitrogens with one attached hydrogen (secondary N) is 1. The van der Waals surface area contributed by atoms with Crippen LogP contribution in [0.1, 0.15) is 21.5 Å². The van der Waals surface area contributed by atoms with Crippen LogP contribution in [0.2, 0.25) is 10.0 Å². The second-order valence-electron chi connectivity index (χ2n) is 5.22. The summed E-state index contributed by atoms with van der Waals surface area (Å²) in [6.07, 6.45) is 2.65. The van der Waals surface area contributed by atoms with Gasteiger partial charge in [0.2, 0.25) is 0 Å². The minimum atomic E-state index is -0.259. The van der Waals surface area contributed by atoms with Crippen molar-refractivity contribution in [3.63, 3.8) is 0 Å². The fraction of sp³-hybridized carbons (Fsp3) is 0.0526. The summed E-state index contributed by atoms with van der Waals surface area (Å²) in [5, 5.41) is 3.61. The van der Waals surface area contributed by atoms with Crippen LogP contribution in [0.25, 0.3) is 5.57 Å². The fourth-order valence-corrected chi connectivity index (χ4v) is 2.51. The van der Waals surface area contributed by atoms with E-state index in [1.54, 1.807) is 30.3 Å². The Morgan fingerprint density at radius 1 is 1.20 bits per heavy atom. The lowest BCUT2D eigenvalue weighted by atomic mass is 10.0. The molecule has 0 saturated heterocycles. The van der Waals surface area contributed by atoms with Gasteiger partial charge in [-0.1, -0.05) is 54.0 Å². The molecule has 6 heteroatoms. The molecule has 0 unspecified atom stereocenters. The second-order valence-corrected chi connectivity index (χ2v) is 6.03. The Morgan fingerprint density at radius 2 is 1.92 bits per heavy atom. The number of carbonyl (C=O) groups excluding carboxylic acids is 1. The molecule has 4 nitrogen and oxygen atoms in total. The number of hydrogen-bond donors (Lipinski definition) is 2. The molecule has 0 aliphatic heterocycles. The third kappa shape index (κ3) is 4.72. The molecule has 0 aromatic heterocycles. The first-order valence-corrected chi connectivity index (χ1v) is 8.15. The average Bonchev–Trinajstić information content (AvgIpc) is 2.58. The first-order valence-electron chi connectivity index (χ1n) is 7.39. The smallest absolute Gasteiger partial charge is 0.255 e. The van der Waals surface area contributed by atoms with Crippen molar-refractivity contribution < 1.29 is 4.79 Å². The van der Waals surface area contributed by atoms with Gasteiger partial charge in [0.25, 0.3) is 5.91 Å². The van der Waals surface area contributed by atoms with Gasteiger partial charge in [-0.25, -0.2) is 4.99 Å². The molecule has 2 aromatic rings. The first kappa shape index (κ1) is 18.8. The van der Waals surface area contributed by atoms with Gasteiger partial charge in [0.05, 0.1) is 16.4 Å². The van der Waals surface area contributed by atoms with Gasteiger partial charge in [0.1, 0.15) is 0 Å². The van der Waals surface area contributed by atoms with Crippen molar-refractivity contribution in [2.24, 2.45) is 10.7 Å². The minimum absolute atomic E-state index is 0.259. The van der Waals surface area contributed by atoms with Crippen LogP contribution in [-0.4, -0.2) is 12.2 Å². The predicted molar refractivity (Wildman–Crippen MR) is 105 cm³/mol. The van der Waals surface area contributed by atoms with Crippen molar-refractivity contribution in [2.45, 2.75) is 6.92 Å². The monoisotopic (exact) mass is 373 g/mol. The van der Waals surface area contributed by atoms with Crippen LogP contribution in [0.3, 0.4) is 0 Å². The zero-order valence-electron chi connectivity index (χ0n) is 13.6. The number of amides is 1. The summed E-state index contributed by atoms with van der Waals surface area (Å²) in [7, 11) is 0. The molecule has 3 N–H and O–H groups in total. The standard InChI is InChI=1S/C19H17Cl2N3O/c1-12-5-3-4-6-15(12)19(25)24-13(2)16(10-23-11-22)14-7-8-17(20)18(21)9-14/h3-11H,2H2,1H3,(H2,22,23)(H,24,25)/b16-10+. The summed E-state index contributed by atoms with van der Waals surface area (Å²) in [6.45, 7) is 5.81. The lowest BCUT2D eigenvalue weighted by molar-refractivity contribution is 0.0967. The van der Waals surface area contributed by atoms with E-state index in [1.807, 2.05) is 19.1 Å². The van der Waals surface area contributed by atoms with Gasteiger partial charge in [0, 0.05) is 23.0 Å². The molecule has 0 heterocycles. The van der Waals surface area contributed by atoms with Crippen LogP contribution in [0, 0.1) is 6.92 Å². The van der Waals surface area contributed by atoms with Gasteiger partial charge in [-0.3, -0.25) is 4.79 Å². The summed E-state index contributed by atoms with van der Waals surface area (Å²) < 4.78 is 0. The summed E-state index contributed by atoms with van der Waals surface area (Å²) in [5.74, 6) is -0.259. The van der Waals surface area contributed by atoms with Crippen LogP contribution in [0.5, 0.6) is 0 Å². The molecule has 0 radical (unpaired) electrons. The molecule has 0 aliphatic carbocycles. The van der Waals surface area contributed by atoms with Crippen LogP contribution < -0.4 is 11.1 Å². The van der Waals surface area contributed by atoms with Gasteiger partial charge >= 0.3 is 0 Å². The lowest BCUT2D eigenvalue weighted by Gasteiger charge is -2.14. The molecule has 25 heavy (non-hydrogen) atoms. The van der Waals surface area contributed by atoms with Gasteiger partial charge in [-0.2, -0.15) is 0 Å². The number of halogens is 2. The van der Waals surface area contributed by atoms with Crippen LogP contribution >= 0.6 is 23.2 Å². The summed E-state index contributed by atoms with van der Waals surface area (Å²) in [6, 6.07) is 12.4. The van der Waals surface area contributed by atoms with Crippen molar-refractivity contribution in [3.05, 3.63) is 87.7 Å². The quantitative estimate of drug-likeness (QED) is 0.457. The molecule has 1 amide bonds. The highest BCUT2D eigenvalue weighted by Crippen LogP contribution is 2.28. The van der Waals surface area contributed by atoms with E-state index in [0.29, 0.717) is 32.4 Å². The van der Waals surface area contributed by atoms with Crippen molar-refractivity contribution >= 4 is 41.0 Å². The molecule has 0 aliphatic rings. The van der Waals surface area contributed by atoms with E-state index in [0.717, 1.165) is 11.9 Å².